The van der Waals surface area contributed by atoms with Crippen LogP contribution >= 0.6 is 15.9 Å². The second kappa shape index (κ2) is 6.01. The van der Waals surface area contributed by atoms with Crippen LogP contribution in [0.1, 0.15) is 5.56 Å². The van der Waals surface area contributed by atoms with Gasteiger partial charge in [0.1, 0.15) is 5.82 Å². The molecule has 1 rings (SSSR count). The molecule has 0 aromatic heterocycles. The van der Waals surface area contributed by atoms with Crippen molar-refractivity contribution in [3.05, 3.63) is 34.1 Å². The smallest absolute Gasteiger partial charge is 0.449 e. The van der Waals surface area contributed by atoms with Crippen LogP contribution in [0.25, 0.3) is 0 Å². The van der Waals surface area contributed by atoms with Crippen molar-refractivity contribution in [1.29, 1.82) is 0 Å². The molecule has 1 aromatic rings. The summed E-state index contributed by atoms with van der Waals surface area (Å²) >= 11 is 2.92. The summed E-state index contributed by atoms with van der Waals surface area (Å²) in [5.74, 6) is -0.663. The molecule has 0 aliphatic rings. The van der Waals surface area contributed by atoms with E-state index in [0.29, 0.717) is 4.47 Å². The molecule has 0 amide bonds. The molecule has 7 heteroatoms. The Morgan fingerprint density at radius 3 is 2.14 bits per heavy atom. The second-order valence-corrected chi connectivity index (χ2v) is 3.61. The first kappa shape index (κ1) is 15.1. The Balaban J connectivity index is 0.00000169. The molecule has 1 aromatic carbocycles. The molecule has 14 heavy (non-hydrogen) atoms. The van der Waals surface area contributed by atoms with E-state index in [-0.39, 0.29) is 56.9 Å². The van der Waals surface area contributed by atoms with Gasteiger partial charge in [-0.05, 0) is 18.2 Å². The van der Waals surface area contributed by atoms with Gasteiger partial charge in [-0.15, -0.1) is 0 Å². The molecule has 72 valence electrons. The van der Waals surface area contributed by atoms with Gasteiger partial charge in [0.2, 0.25) is 0 Å². The largest absolute Gasteiger partial charge is 1.00 e. The number of halogens is 5. The molecule has 0 heterocycles. The van der Waals surface area contributed by atoms with E-state index in [9.17, 15) is 17.3 Å². The summed E-state index contributed by atoms with van der Waals surface area (Å²) in [5.41, 5.74) is -0.0561. The van der Waals surface area contributed by atoms with Crippen molar-refractivity contribution in [1.82, 2.24) is 0 Å². The van der Waals surface area contributed by atoms with E-state index in [0.717, 1.165) is 12.1 Å². The summed E-state index contributed by atoms with van der Waals surface area (Å²) < 4.78 is 48.7. The van der Waals surface area contributed by atoms with Gasteiger partial charge in [0.25, 0.3) is 0 Å². The van der Waals surface area contributed by atoms with Crippen LogP contribution in [0.2, 0.25) is 0 Å². The average Bonchev–Trinajstić information content (AvgIpc) is 1.78. The Hall–Kier alpha value is 1.12. The average molecular weight is 295 g/mol. The number of hydrogen-bond donors (Lipinski definition) is 0. The van der Waals surface area contributed by atoms with Crippen LogP contribution in [0.5, 0.6) is 0 Å². The molecule has 0 bridgehead atoms. The molecule has 0 aliphatic heterocycles. The second-order valence-electron chi connectivity index (χ2n) is 2.69. The Kier molecular flexibility index (Phi) is 6.49. The predicted octanol–water partition coefficient (Wildman–Crippen LogP) is 0.521. The molecule has 0 saturated heterocycles. The Morgan fingerprint density at radius 2 is 1.71 bits per heavy atom. The van der Waals surface area contributed by atoms with Crippen molar-refractivity contribution < 1.29 is 68.7 Å². The monoisotopic (exact) mass is 294 g/mol. The minimum Gasteiger partial charge on any atom is -0.449 e. The molecule has 0 saturated carbocycles. The standard InChI is InChI=1S/C7H5BBrF4.K/c9-6-1-5(2-7(10)3-6)4-8(11,12)13;/h1-3H,4H2;/q-1;+1. The van der Waals surface area contributed by atoms with E-state index >= 15 is 0 Å². The van der Waals surface area contributed by atoms with Crippen LogP contribution in [-0.2, 0) is 6.32 Å². The Labute approximate surface area is 130 Å². The summed E-state index contributed by atoms with van der Waals surface area (Å²) in [5, 5.41) is 0. The van der Waals surface area contributed by atoms with Gasteiger partial charge in [-0.2, -0.15) is 0 Å². The normalized spacial score (nSPS) is 10.9. The van der Waals surface area contributed by atoms with Crippen LogP contribution in [0, 0.1) is 5.82 Å². The maximum Gasteiger partial charge on any atom is 1.00 e. The van der Waals surface area contributed by atoms with E-state index < -0.39 is 19.1 Å². The van der Waals surface area contributed by atoms with Gasteiger partial charge in [-0.3, -0.25) is 0 Å². The molecule has 0 radical (unpaired) electrons. The zero-order chi connectivity index (χ0) is 10.1. The molecular weight excluding hydrogens is 290 g/mol. The SMILES string of the molecule is Fc1cc(Br)cc(C[B-](F)(F)F)c1.[K+]. The van der Waals surface area contributed by atoms with Gasteiger partial charge in [0.05, 0.1) is 0 Å². The third-order valence-corrected chi connectivity index (χ3v) is 1.85. The fraction of sp³-hybridized carbons (Fsp3) is 0.143. The van der Waals surface area contributed by atoms with Gasteiger partial charge in [0, 0.05) is 4.47 Å². The first-order chi connectivity index (χ1) is 5.87. The Morgan fingerprint density at radius 1 is 1.14 bits per heavy atom. The minimum absolute atomic E-state index is 0. The van der Waals surface area contributed by atoms with Crippen molar-refractivity contribution in [2.75, 3.05) is 0 Å². The topological polar surface area (TPSA) is 0 Å². The molecule has 0 fully saturated rings. The van der Waals surface area contributed by atoms with E-state index in [1.165, 1.54) is 6.07 Å². The summed E-state index contributed by atoms with van der Waals surface area (Å²) in [7, 11) is 0. The van der Waals surface area contributed by atoms with Gasteiger partial charge in [0.15, 0.2) is 0 Å². The molecule has 0 nitrogen and oxygen atoms in total. The first-order valence-corrected chi connectivity index (χ1v) is 4.32. The quantitative estimate of drug-likeness (QED) is 0.551. The number of benzene rings is 1. The van der Waals surface area contributed by atoms with Crippen molar-refractivity contribution in [2.45, 2.75) is 6.32 Å². The fourth-order valence-electron chi connectivity index (χ4n) is 0.996. The summed E-state index contributed by atoms with van der Waals surface area (Å²) in [4.78, 5) is 0. The molecule has 0 atom stereocenters. The maximum absolute atomic E-state index is 12.6. The van der Waals surface area contributed by atoms with E-state index in [2.05, 4.69) is 15.9 Å². The zero-order valence-electron chi connectivity index (χ0n) is 7.41. The van der Waals surface area contributed by atoms with Crippen LogP contribution in [-0.4, -0.2) is 6.98 Å². The first-order valence-electron chi connectivity index (χ1n) is 3.53. The summed E-state index contributed by atoms with van der Waals surface area (Å²) in [6.45, 7) is -4.90. The fourth-order valence-corrected chi connectivity index (χ4v) is 1.51. The molecule has 0 N–H and O–H groups in total. The molecule has 0 spiro atoms. The van der Waals surface area contributed by atoms with Crippen LogP contribution in [0.3, 0.4) is 0 Å². The van der Waals surface area contributed by atoms with E-state index in [1.54, 1.807) is 0 Å². The summed E-state index contributed by atoms with van der Waals surface area (Å²) in [6.07, 6.45) is -1.05. The van der Waals surface area contributed by atoms with E-state index in [1.807, 2.05) is 0 Å². The van der Waals surface area contributed by atoms with Gasteiger partial charge in [-0.25, -0.2) is 4.39 Å². The number of hydrogen-bond acceptors (Lipinski definition) is 0. The minimum atomic E-state index is -4.90. The van der Waals surface area contributed by atoms with Crippen molar-refractivity contribution in [2.24, 2.45) is 0 Å². The van der Waals surface area contributed by atoms with Crippen LogP contribution < -0.4 is 51.4 Å². The summed E-state index contributed by atoms with van der Waals surface area (Å²) in [6, 6.07) is 3.27. The number of rotatable bonds is 2. The van der Waals surface area contributed by atoms with Crippen LogP contribution in [0.15, 0.2) is 22.7 Å². The van der Waals surface area contributed by atoms with E-state index in [4.69, 9.17) is 0 Å². The van der Waals surface area contributed by atoms with Gasteiger partial charge < -0.3 is 12.9 Å². The molecular formula is C7H5BBrF4K. The third kappa shape index (κ3) is 5.87. The zero-order valence-corrected chi connectivity index (χ0v) is 12.1. The van der Waals surface area contributed by atoms with Crippen molar-refractivity contribution in [3.63, 3.8) is 0 Å². The van der Waals surface area contributed by atoms with Crippen molar-refractivity contribution >= 4 is 22.9 Å². The predicted molar refractivity (Wildman–Crippen MR) is 46.9 cm³/mol. The van der Waals surface area contributed by atoms with Gasteiger partial charge in [-0.1, -0.05) is 27.8 Å². The molecule has 0 unspecified atom stereocenters. The third-order valence-electron chi connectivity index (χ3n) is 1.39. The van der Waals surface area contributed by atoms with Crippen molar-refractivity contribution in [3.8, 4) is 0 Å². The Bertz CT molecular complexity index is 295. The molecule has 0 aliphatic carbocycles. The van der Waals surface area contributed by atoms with Gasteiger partial charge >= 0.3 is 58.4 Å². The van der Waals surface area contributed by atoms with Crippen LogP contribution in [0.4, 0.5) is 17.3 Å². The maximum atomic E-state index is 12.6.